The molecule has 0 aliphatic carbocycles. The van der Waals surface area contributed by atoms with Gasteiger partial charge in [-0.3, -0.25) is 4.79 Å². The van der Waals surface area contributed by atoms with E-state index in [9.17, 15) is 4.79 Å². The van der Waals surface area contributed by atoms with Crippen LogP contribution in [0, 0.1) is 5.41 Å². The lowest BCUT2D eigenvalue weighted by molar-refractivity contribution is -0.131. The maximum Gasteiger partial charge on any atom is 0.236 e. The van der Waals surface area contributed by atoms with Crippen molar-refractivity contribution >= 4 is 17.7 Å². The van der Waals surface area contributed by atoms with E-state index in [2.05, 4.69) is 19.2 Å². The summed E-state index contributed by atoms with van der Waals surface area (Å²) in [6.07, 6.45) is 4.83. The lowest BCUT2D eigenvalue weighted by Crippen LogP contribution is -2.47. The lowest BCUT2D eigenvalue weighted by atomic mass is 9.88. The second-order valence-electron chi connectivity index (χ2n) is 6.40. The van der Waals surface area contributed by atoms with Gasteiger partial charge in [-0.25, -0.2) is 0 Å². The van der Waals surface area contributed by atoms with Crippen molar-refractivity contribution in [3.8, 4) is 0 Å². The molecule has 2 aliphatic heterocycles. The minimum atomic E-state index is 0.295. The molecule has 0 spiro atoms. The highest BCUT2D eigenvalue weighted by Gasteiger charge is 2.28. The van der Waals surface area contributed by atoms with Gasteiger partial charge in [0.1, 0.15) is 0 Å². The average Bonchev–Trinajstić information content (AvgIpc) is 2.36. The van der Waals surface area contributed by atoms with E-state index in [1.165, 1.54) is 31.4 Å². The first-order valence-electron chi connectivity index (χ1n) is 7.16. The van der Waals surface area contributed by atoms with Crippen LogP contribution in [0.25, 0.3) is 0 Å². The normalized spacial score (nSPS) is 28.1. The number of piperidine rings is 1. The van der Waals surface area contributed by atoms with Crippen molar-refractivity contribution < 1.29 is 4.79 Å². The molecule has 0 aromatic heterocycles. The smallest absolute Gasteiger partial charge is 0.236 e. The number of hydrogen-bond donors (Lipinski definition) is 1. The van der Waals surface area contributed by atoms with Gasteiger partial charge in [-0.05, 0) is 36.9 Å². The molecule has 4 heteroatoms. The van der Waals surface area contributed by atoms with Crippen molar-refractivity contribution in [2.75, 3.05) is 31.1 Å². The summed E-state index contributed by atoms with van der Waals surface area (Å²) in [5.41, 5.74) is 0.411. The summed E-state index contributed by atoms with van der Waals surface area (Å²) >= 11 is 2.01. The Morgan fingerprint density at radius 1 is 1.33 bits per heavy atom. The summed E-state index contributed by atoms with van der Waals surface area (Å²) in [6, 6.07) is 0.507. The molecule has 2 saturated heterocycles. The summed E-state index contributed by atoms with van der Waals surface area (Å²) < 4.78 is 0. The van der Waals surface area contributed by atoms with Crippen molar-refractivity contribution in [3.05, 3.63) is 0 Å². The third kappa shape index (κ3) is 4.16. The SMILES string of the molecule is CC1(C)CSCC(NCC(=O)N2CCCCC2)C1. The Morgan fingerprint density at radius 2 is 2.06 bits per heavy atom. The Bertz CT molecular complexity index is 288. The molecule has 0 bridgehead atoms. The molecule has 2 heterocycles. The fraction of sp³-hybridized carbons (Fsp3) is 0.929. The Morgan fingerprint density at radius 3 is 2.72 bits per heavy atom. The van der Waals surface area contributed by atoms with Crippen LogP contribution < -0.4 is 5.32 Å². The van der Waals surface area contributed by atoms with Crippen LogP contribution in [0.2, 0.25) is 0 Å². The maximum atomic E-state index is 12.1. The van der Waals surface area contributed by atoms with Crippen LogP contribution >= 0.6 is 11.8 Å². The molecule has 2 fully saturated rings. The van der Waals surface area contributed by atoms with Crippen molar-refractivity contribution in [1.82, 2.24) is 10.2 Å². The van der Waals surface area contributed by atoms with Crippen LogP contribution in [0.4, 0.5) is 0 Å². The van der Waals surface area contributed by atoms with E-state index in [-0.39, 0.29) is 0 Å². The number of carbonyl (C=O) groups excluding carboxylic acids is 1. The van der Waals surface area contributed by atoms with Gasteiger partial charge in [0.2, 0.25) is 5.91 Å². The minimum absolute atomic E-state index is 0.295. The Balaban J connectivity index is 1.72. The van der Waals surface area contributed by atoms with E-state index in [1.54, 1.807) is 0 Å². The molecule has 1 atom stereocenters. The molecular formula is C14H26N2OS. The minimum Gasteiger partial charge on any atom is -0.342 e. The monoisotopic (exact) mass is 270 g/mol. The third-order valence-electron chi connectivity index (χ3n) is 3.86. The van der Waals surface area contributed by atoms with Gasteiger partial charge in [-0.15, -0.1) is 0 Å². The van der Waals surface area contributed by atoms with Gasteiger partial charge in [0.25, 0.3) is 0 Å². The van der Waals surface area contributed by atoms with E-state index >= 15 is 0 Å². The number of likely N-dealkylation sites (tertiary alicyclic amines) is 1. The fourth-order valence-electron chi connectivity index (χ4n) is 2.88. The van der Waals surface area contributed by atoms with Gasteiger partial charge in [-0.2, -0.15) is 11.8 Å². The third-order valence-corrected chi connectivity index (χ3v) is 5.49. The standard InChI is InChI=1S/C14H26N2OS/c1-14(2)8-12(10-18-11-14)15-9-13(17)16-6-4-3-5-7-16/h12,15H,3-11H2,1-2H3. The van der Waals surface area contributed by atoms with Gasteiger partial charge in [0, 0.05) is 24.9 Å². The molecule has 1 unspecified atom stereocenters. The molecule has 1 amide bonds. The Kier molecular flexibility index (Phi) is 4.96. The van der Waals surface area contributed by atoms with E-state index in [4.69, 9.17) is 0 Å². The van der Waals surface area contributed by atoms with Crippen molar-refractivity contribution in [3.63, 3.8) is 0 Å². The van der Waals surface area contributed by atoms with E-state index in [0.717, 1.165) is 18.8 Å². The van der Waals surface area contributed by atoms with Crippen LogP contribution in [0.5, 0.6) is 0 Å². The van der Waals surface area contributed by atoms with Crippen LogP contribution in [0.15, 0.2) is 0 Å². The first-order valence-corrected chi connectivity index (χ1v) is 8.31. The number of hydrogen-bond acceptors (Lipinski definition) is 3. The van der Waals surface area contributed by atoms with Crippen molar-refractivity contribution in [1.29, 1.82) is 0 Å². The zero-order valence-corrected chi connectivity index (χ0v) is 12.5. The topological polar surface area (TPSA) is 32.3 Å². The molecule has 104 valence electrons. The zero-order valence-electron chi connectivity index (χ0n) is 11.7. The predicted molar refractivity (Wildman–Crippen MR) is 77.9 cm³/mol. The quantitative estimate of drug-likeness (QED) is 0.852. The number of amides is 1. The van der Waals surface area contributed by atoms with Crippen LogP contribution in [0.1, 0.15) is 39.5 Å². The molecule has 0 aromatic carbocycles. The number of nitrogens with zero attached hydrogens (tertiary/aromatic N) is 1. The zero-order chi connectivity index (χ0) is 13.0. The number of thioether (sulfide) groups is 1. The van der Waals surface area contributed by atoms with Crippen LogP contribution in [0.3, 0.4) is 0 Å². The molecule has 0 saturated carbocycles. The highest BCUT2D eigenvalue weighted by molar-refractivity contribution is 7.99. The molecule has 2 rings (SSSR count). The summed E-state index contributed by atoms with van der Waals surface area (Å²) in [5.74, 6) is 2.69. The molecule has 1 N–H and O–H groups in total. The highest BCUT2D eigenvalue weighted by Crippen LogP contribution is 2.33. The van der Waals surface area contributed by atoms with Crippen molar-refractivity contribution in [2.45, 2.75) is 45.6 Å². The Hall–Kier alpha value is -0.220. The molecule has 2 aliphatic rings. The van der Waals surface area contributed by atoms with Gasteiger partial charge in [-0.1, -0.05) is 13.8 Å². The first-order chi connectivity index (χ1) is 8.57. The second-order valence-corrected chi connectivity index (χ2v) is 7.43. The summed E-state index contributed by atoms with van der Waals surface area (Å²) in [4.78, 5) is 14.1. The fourth-order valence-corrected chi connectivity index (χ4v) is 4.19. The predicted octanol–water partition coefficient (Wildman–Crippen LogP) is 2.12. The molecule has 0 radical (unpaired) electrons. The number of carbonyl (C=O) groups is 1. The summed E-state index contributed by atoms with van der Waals surface area (Å²) in [5, 5.41) is 3.46. The average molecular weight is 270 g/mol. The molecular weight excluding hydrogens is 244 g/mol. The summed E-state index contributed by atoms with van der Waals surface area (Å²) in [7, 11) is 0. The van der Waals surface area contributed by atoms with Gasteiger partial charge in [0.05, 0.1) is 6.54 Å². The lowest BCUT2D eigenvalue weighted by Gasteiger charge is -2.35. The second kappa shape index (κ2) is 6.29. The number of nitrogens with one attached hydrogen (secondary N) is 1. The van der Waals surface area contributed by atoms with Gasteiger partial charge >= 0.3 is 0 Å². The van der Waals surface area contributed by atoms with E-state index in [0.29, 0.717) is 23.9 Å². The van der Waals surface area contributed by atoms with Gasteiger partial charge < -0.3 is 10.2 Å². The molecule has 0 aromatic rings. The summed E-state index contributed by atoms with van der Waals surface area (Å²) in [6.45, 7) is 7.10. The van der Waals surface area contributed by atoms with Crippen LogP contribution in [-0.2, 0) is 4.79 Å². The maximum absolute atomic E-state index is 12.1. The number of rotatable bonds is 3. The van der Waals surface area contributed by atoms with Crippen LogP contribution in [-0.4, -0.2) is 48.0 Å². The Labute approximate surface area is 115 Å². The van der Waals surface area contributed by atoms with Crippen molar-refractivity contribution in [2.24, 2.45) is 5.41 Å². The van der Waals surface area contributed by atoms with E-state index < -0.39 is 0 Å². The largest absolute Gasteiger partial charge is 0.342 e. The molecule has 18 heavy (non-hydrogen) atoms. The molecule has 3 nitrogen and oxygen atoms in total. The first kappa shape index (κ1) is 14.2. The van der Waals surface area contributed by atoms with Gasteiger partial charge in [0.15, 0.2) is 0 Å². The highest BCUT2D eigenvalue weighted by atomic mass is 32.2. The van der Waals surface area contributed by atoms with E-state index in [1.807, 2.05) is 16.7 Å².